The van der Waals surface area contributed by atoms with Crippen molar-refractivity contribution in [1.29, 1.82) is 0 Å². The lowest BCUT2D eigenvalue weighted by molar-refractivity contribution is -0.159. The number of carbonyl (C=O) groups is 4. The molecule has 2 saturated carbocycles. The Kier molecular flexibility index (Phi) is 14.4. The molecule has 0 bridgehead atoms. The maximum Gasteiger partial charge on any atom is 0.414 e. The Morgan fingerprint density at radius 2 is 0.823 bits per heavy atom. The molecule has 12 nitrogen and oxygen atoms in total. The van der Waals surface area contributed by atoms with Gasteiger partial charge < -0.3 is 39.7 Å². The van der Waals surface area contributed by atoms with Gasteiger partial charge >= 0.3 is 23.9 Å². The van der Waals surface area contributed by atoms with Gasteiger partial charge in [-0.3, -0.25) is 9.59 Å². The number of aryl methyl sites for hydroxylation is 2. The van der Waals surface area contributed by atoms with Gasteiger partial charge in [0.05, 0.1) is 36.3 Å². The topological polar surface area (TPSA) is 174 Å². The molecule has 0 radical (unpaired) electrons. The van der Waals surface area contributed by atoms with Gasteiger partial charge in [-0.2, -0.15) is 0 Å². The van der Waals surface area contributed by atoms with E-state index in [2.05, 4.69) is 72.2 Å². The van der Waals surface area contributed by atoms with Crippen LogP contribution >= 0.6 is 0 Å². The minimum absolute atomic E-state index is 0.126. The highest BCUT2D eigenvalue weighted by Crippen LogP contribution is 2.57. The first kappa shape index (κ1) is 46.1. The molecule has 0 spiro atoms. The van der Waals surface area contributed by atoms with Crippen molar-refractivity contribution in [1.82, 2.24) is 9.80 Å². The molecule has 4 aromatic rings. The van der Waals surface area contributed by atoms with E-state index in [9.17, 15) is 19.8 Å². The predicted octanol–water partition coefficient (Wildman–Crippen LogP) is 5.97. The predicted molar refractivity (Wildman–Crippen MR) is 233 cm³/mol. The van der Waals surface area contributed by atoms with Gasteiger partial charge in [0.15, 0.2) is 0 Å². The summed E-state index contributed by atoms with van der Waals surface area (Å²) >= 11 is 0. The second kappa shape index (κ2) is 19.3. The molecule has 4 aliphatic rings. The number of aliphatic hydroxyl groups is 2. The third-order valence-corrected chi connectivity index (χ3v) is 13.6. The summed E-state index contributed by atoms with van der Waals surface area (Å²) in [5, 5.41) is 36.9. The number of hydrogen-bond donors (Lipinski definition) is 4. The minimum Gasteiger partial charge on any atom is -0.473 e. The van der Waals surface area contributed by atoms with E-state index in [0.717, 1.165) is 100 Å². The minimum atomic E-state index is -1.82. The SMILES string of the molecule is COC(=O)[C@@]1(c2ccc(C)cc2)C[C@H]1CN1CCC(O)(c2ccccc2)CC1.COC(=O)[C@@]1(c2ccc(C)cc2)C[C@H]1CN1CCC(O)(c2ccccc2)CC1.O=C(O)C(=O)O. The Hall–Kier alpha value is -5.40. The zero-order chi connectivity index (χ0) is 44.7. The molecular weight excluding hydrogens is 789 g/mol. The lowest BCUT2D eigenvalue weighted by Crippen LogP contribution is -2.44. The highest BCUT2D eigenvalue weighted by Gasteiger charge is 2.63. The Bertz CT molecular complexity index is 1990. The molecule has 2 saturated heterocycles. The van der Waals surface area contributed by atoms with Crippen molar-refractivity contribution in [3.05, 3.63) is 143 Å². The summed E-state index contributed by atoms with van der Waals surface area (Å²) in [5.74, 6) is -3.36. The monoisotopic (exact) mass is 848 g/mol. The smallest absolute Gasteiger partial charge is 0.414 e. The number of methoxy groups -OCH3 is 2. The van der Waals surface area contributed by atoms with Gasteiger partial charge in [-0.15, -0.1) is 0 Å². The van der Waals surface area contributed by atoms with Crippen LogP contribution in [0.2, 0.25) is 0 Å². The summed E-state index contributed by atoms with van der Waals surface area (Å²) in [4.78, 5) is 48.3. The molecule has 330 valence electrons. The molecule has 12 heteroatoms. The number of rotatable bonds is 10. The number of ether oxygens (including phenoxy) is 2. The van der Waals surface area contributed by atoms with E-state index in [1.165, 1.54) is 25.3 Å². The number of aliphatic carboxylic acids is 2. The molecule has 0 amide bonds. The second-order valence-corrected chi connectivity index (χ2v) is 17.5. The number of carbonyl (C=O) groups excluding carboxylic acids is 2. The number of carboxylic acids is 2. The van der Waals surface area contributed by atoms with Gasteiger partial charge in [-0.1, -0.05) is 120 Å². The molecule has 0 unspecified atom stereocenters. The zero-order valence-electron chi connectivity index (χ0n) is 36.2. The standard InChI is InChI=1S/2C24H29NO3.C2H2O4/c2*1-18-8-10-20(11-9-18)24(22(26)28-2)16-21(24)17-25-14-12-23(27,13-15-25)19-6-4-3-5-7-19;3-1(4)2(5)6/h2*3-11,21,27H,12-17H2,1-2H3;(H,3,4)(H,5,6)/t2*21-,24+;/m00./s1. The summed E-state index contributed by atoms with van der Waals surface area (Å²) in [5.41, 5.74) is 4.03. The molecule has 62 heavy (non-hydrogen) atoms. The van der Waals surface area contributed by atoms with E-state index in [1.54, 1.807) is 0 Å². The van der Waals surface area contributed by atoms with Crippen molar-refractivity contribution in [3.63, 3.8) is 0 Å². The van der Waals surface area contributed by atoms with E-state index in [4.69, 9.17) is 29.3 Å². The molecule has 2 aliphatic carbocycles. The molecule has 0 aromatic heterocycles. The van der Waals surface area contributed by atoms with Crippen LogP contribution in [-0.2, 0) is 50.7 Å². The van der Waals surface area contributed by atoms with Crippen LogP contribution in [0.4, 0.5) is 0 Å². The molecule has 4 fully saturated rings. The van der Waals surface area contributed by atoms with Gasteiger partial charge in [0.2, 0.25) is 0 Å². The Balaban J connectivity index is 0.000000183. The van der Waals surface area contributed by atoms with Gasteiger partial charge in [0, 0.05) is 39.3 Å². The summed E-state index contributed by atoms with van der Waals surface area (Å²) in [7, 11) is 2.96. The fourth-order valence-corrected chi connectivity index (χ4v) is 9.52. The van der Waals surface area contributed by atoms with Gasteiger partial charge in [-0.05, 0) is 86.5 Å². The molecule has 2 aliphatic heterocycles. The van der Waals surface area contributed by atoms with Crippen molar-refractivity contribution >= 4 is 23.9 Å². The fourth-order valence-electron chi connectivity index (χ4n) is 9.52. The van der Waals surface area contributed by atoms with Gasteiger partial charge in [-0.25, -0.2) is 9.59 Å². The highest BCUT2D eigenvalue weighted by atomic mass is 16.5. The van der Waals surface area contributed by atoms with Crippen molar-refractivity contribution in [2.24, 2.45) is 11.8 Å². The average Bonchev–Trinajstić information content (AvgIpc) is 4.21. The van der Waals surface area contributed by atoms with Crippen molar-refractivity contribution in [3.8, 4) is 0 Å². The third kappa shape index (κ3) is 10.1. The first-order valence-corrected chi connectivity index (χ1v) is 21.4. The molecule has 2 heterocycles. The first-order chi connectivity index (χ1) is 29.6. The van der Waals surface area contributed by atoms with Gasteiger partial charge in [0.25, 0.3) is 0 Å². The second-order valence-electron chi connectivity index (χ2n) is 17.5. The first-order valence-electron chi connectivity index (χ1n) is 21.4. The number of esters is 2. The number of hydrogen-bond acceptors (Lipinski definition) is 10. The maximum atomic E-state index is 12.6. The molecular formula is C50H60N2O10. The largest absolute Gasteiger partial charge is 0.473 e. The molecule has 8 rings (SSSR count). The van der Waals surface area contributed by atoms with Gasteiger partial charge in [0.1, 0.15) is 0 Å². The van der Waals surface area contributed by atoms with Crippen molar-refractivity contribution < 1.29 is 49.1 Å². The quantitative estimate of drug-likeness (QED) is 0.109. The molecule has 4 atom stereocenters. The highest BCUT2D eigenvalue weighted by molar-refractivity contribution is 6.27. The van der Waals surface area contributed by atoms with E-state index >= 15 is 0 Å². The van der Waals surface area contributed by atoms with Crippen LogP contribution in [-0.4, -0.2) is 108 Å². The van der Waals surface area contributed by atoms with Crippen LogP contribution in [0.3, 0.4) is 0 Å². The number of carboxylic acid groups (broad SMARTS) is 2. The summed E-state index contributed by atoms with van der Waals surface area (Å²) in [6.45, 7) is 9.21. The summed E-state index contributed by atoms with van der Waals surface area (Å²) in [6.07, 6.45) is 4.56. The van der Waals surface area contributed by atoms with Crippen LogP contribution in [0.25, 0.3) is 0 Å². The van der Waals surface area contributed by atoms with Crippen LogP contribution in [0.1, 0.15) is 71.9 Å². The normalized spacial score (nSPS) is 24.7. The van der Waals surface area contributed by atoms with Crippen molar-refractivity contribution in [2.45, 2.75) is 74.4 Å². The lowest BCUT2D eigenvalue weighted by atomic mass is 9.84. The lowest BCUT2D eigenvalue weighted by Gasteiger charge is -2.39. The summed E-state index contributed by atoms with van der Waals surface area (Å²) in [6, 6.07) is 36.5. The maximum absolute atomic E-state index is 12.6. The van der Waals surface area contributed by atoms with Crippen LogP contribution in [0.5, 0.6) is 0 Å². The third-order valence-electron chi connectivity index (χ3n) is 13.6. The Morgan fingerprint density at radius 3 is 1.10 bits per heavy atom. The average molecular weight is 849 g/mol. The van der Waals surface area contributed by atoms with E-state index in [0.29, 0.717) is 0 Å². The van der Waals surface area contributed by atoms with Crippen LogP contribution in [0, 0.1) is 25.7 Å². The molecule has 4 aromatic carbocycles. The fraction of sp³-hybridized carbons (Fsp3) is 0.440. The van der Waals surface area contributed by atoms with E-state index < -0.39 is 34.0 Å². The Morgan fingerprint density at radius 1 is 0.516 bits per heavy atom. The van der Waals surface area contributed by atoms with Crippen LogP contribution < -0.4 is 0 Å². The zero-order valence-corrected chi connectivity index (χ0v) is 36.2. The number of nitrogens with zero attached hydrogens (tertiary/aromatic N) is 2. The van der Waals surface area contributed by atoms with Crippen molar-refractivity contribution in [2.75, 3.05) is 53.5 Å². The van der Waals surface area contributed by atoms with E-state index in [-0.39, 0.29) is 23.8 Å². The number of piperidine rings is 2. The number of benzene rings is 4. The summed E-state index contributed by atoms with van der Waals surface area (Å²) < 4.78 is 10.4. The Labute approximate surface area is 364 Å². The number of likely N-dealkylation sites (tertiary alicyclic amines) is 2. The van der Waals surface area contributed by atoms with Crippen LogP contribution in [0.15, 0.2) is 109 Å². The molecule has 4 N–H and O–H groups in total. The van der Waals surface area contributed by atoms with E-state index in [1.807, 2.05) is 60.7 Å².